The molecule has 0 aliphatic carbocycles. The Balaban J connectivity index is 2.22. The summed E-state index contributed by atoms with van der Waals surface area (Å²) in [5.74, 6) is -2.80. The normalized spacial score (nSPS) is 10.7. The number of hydrogen-bond donors (Lipinski definition) is 0. The second-order valence-corrected chi connectivity index (χ2v) is 5.68. The summed E-state index contributed by atoms with van der Waals surface area (Å²) in [6.45, 7) is 0. The number of halogens is 5. The molecule has 0 saturated carbocycles. The average molecular weight is 378 g/mol. The first-order chi connectivity index (χ1) is 9.90. The van der Waals surface area contributed by atoms with Crippen LogP contribution in [0.15, 0.2) is 34.8 Å². The molecular formula is C15H9BrClF3O. The molecule has 0 bridgehead atoms. The van der Waals surface area contributed by atoms with Gasteiger partial charge in [-0.1, -0.05) is 17.7 Å². The van der Waals surface area contributed by atoms with Crippen molar-refractivity contribution < 1.29 is 18.0 Å². The summed E-state index contributed by atoms with van der Waals surface area (Å²) >= 11 is 8.74. The zero-order chi connectivity index (χ0) is 15.6. The molecular weight excluding hydrogens is 369 g/mol. The summed E-state index contributed by atoms with van der Waals surface area (Å²) in [5, 5.41) is 0.110. The van der Waals surface area contributed by atoms with Gasteiger partial charge in [0, 0.05) is 29.0 Å². The van der Waals surface area contributed by atoms with Crippen LogP contribution < -0.4 is 0 Å². The van der Waals surface area contributed by atoms with Gasteiger partial charge >= 0.3 is 0 Å². The van der Waals surface area contributed by atoms with Crippen LogP contribution in [0.5, 0.6) is 0 Å². The molecule has 2 rings (SSSR count). The maximum Gasteiger partial charge on any atom is 0.143 e. The zero-order valence-electron chi connectivity index (χ0n) is 10.6. The molecule has 1 nitrogen and oxygen atoms in total. The van der Waals surface area contributed by atoms with Crippen molar-refractivity contribution in [2.75, 3.05) is 0 Å². The van der Waals surface area contributed by atoms with Crippen molar-refractivity contribution in [1.29, 1.82) is 0 Å². The first-order valence-electron chi connectivity index (χ1n) is 5.97. The van der Waals surface area contributed by atoms with Crippen LogP contribution in [0.3, 0.4) is 0 Å². The standard InChI is InChI=1S/C15H9BrClF3O/c16-11-4-5-14(19)10(15(11)20)7-8(21)6-9-12(17)2-1-3-13(9)18/h1-5H,6-7H2. The minimum absolute atomic E-state index is 0.0278. The third-order valence-corrected chi connectivity index (χ3v) is 3.92. The lowest BCUT2D eigenvalue weighted by Gasteiger charge is -2.08. The van der Waals surface area contributed by atoms with Crippen LogP contribution >= 0.6 is 27.5 Å². The number of rotatable bonds is 4. The summed E-state index contributed by atoms with van der Waals surface area (Å²) in [6, 6.07) is 6.32. The van der Waals surface area contributed by atoms with Gasteiger partial charge in [0.05, 0.1) is 4.47 Å². The minimum atomic E-state index is -0.831. The van der Waals surface area contributed by atoms with Crippen molar-refractivity contribution in [2.45, 2.75) is 12.8 Å². The van der Waals surface area contributed by atoms with Crippen LogP contribution in [0.1, 0.15) is 11.1 Å². The Hall–Kier alpha value is -1.33. The van der Waals surface area contributed by atoms with E-state index in [-0.39, 0.29) is 27.0 Å². The molecule has 0 aromatic heterocycles. The van der Waals surface area contributed by atoms with Gasteiger partial charge < -0.3 is 0 Å². The summed E-state index contributed by atoms with van der Waals surface area (Å²) in [5.41, 5.74) is -0.318. The summed E-state index contributed by atoms with van der Waals surface area (Å²) < 4.78 is 41.0. The van der Waals surface area contributed by atoms with E-state index in [0.717, 1.165) is 6.07 Å². The third kappa shape index (κ3) is 3.66. The molecule has 0 aliphatic heterocycles. The van der Waals surface area contributed by atoms with E-state index in [2.05, 4.69) is 15.9 Å². The van der Waals surface area contributed by atoms with Crippen LogP contribution in [0, 0.1) is 17.5 Å². The molecule has 0 atom stereocenters. The summed E-state index contributed by atoms with van der Waals surface area (Å²) in [4.78, 5) is 11.9. The number of hydrogen-bond acceptors (Lipinski definition) is 1. The van der Waals surface area contributed by atoms with E-state index in [1.165, 1.54) is 24.3 Å². The van der Waals surface area contributed by atoms with E-state index in [0.29, 0.717) is 0 Å². The number of ketones is 1. The fourth-order valence-corrected chi connectivity index (χ4v) is 2.49. The first-order valence-corrected chi connectivity index (χ1v) is 7.14. The molecule has 2 aromatic carbocycles. The Kier molecular flexibility index (Phi) is 5.06. The predicted octanol–water partition coefficient (Wildman–Crippen LogP) is 4.87. The van der Waals surface area contributed by atoms with Gasteiger partial charge in [0.25, 0.3) is 0 Å². The fraction of sp³-hybridized carbons (Fsp3) is 0.133. The third-order valence-electron chi connectivity index (χ3n) is 2.95. The molecule has 21 heavy (non-hydrogen) atoms. The number of benzene rings is 2. The van der Waals surface area contributed by atoms with Gasteiger partial charge in [0.1, 0.15) is 23.2 Å². The molecule has 0 radical (unpaired) electrons. The second kappa shape index (κ2) is 6.62. The molecule has 0 heterocycles. The Morgan fingerprint density at radius 3 is 2.29 bits per heavy atom. The van der Waals surface area contributed by atoms with Crippen LogP contribution in [-0.4, -0.2) is 5.78 Å². The number of Topliss-reactive ketones (excluding diaryl/α,β-unsaturated/α-hetero) is 1. The lowest BCUT2D eigenvalue weighted by Crippen LogP contribution is -2.11. The molecule has 0 N–H and O–H groups in total. The van der Waals surface area contributed by atoms with Gasteiger partial charge in [-0.15, -0.1) is 0 Å². The maximum absolute atomic E-state index is 13.8. The van der Waals surface area contributed by atoms with Gasteiger partial charge in [-0.05, 0) is 40.2 Å². The van der Waals surface area contributed by atoms with E-state index >= 15 is 0 Å². The molecule has 0 spiro atoms. The van der Waals surface area contributed by atoms with Gasteiger partial charge in [0.15, 0.2) is 0 Å². The molecule has 0 unspecified atom stereocenters. The van der Waals surface area contributed by atoms with Crippen LogP contribution in [0.4, 0.5) is 13.2 Å². The van der Waals surface area contributed by atoms with Gasteiger partial charge in [-0.2, -0.15) is 0 Å². The van der Waals surface area contributed by atoms with Crippen molar-refractivity contribution in [1.82, 2.24) is 0 Å². The van der Waals surface area contributed by atoms with Crippen molar-refractivity contribution >= 4 is 33.3 Å². The quantitative estimate of drug-likeness (QED) is 0.695. The molecule has 0 amide bonds. The lowest BCUT2D eigenvalue weighted by atomic mass is 10.0. The van der Waals surface area contributed by atoms with E-state index in [9.17, 15) is 18.0 Å². The molecule has 110 valence electrons. The molecule has 0 saturated heterocycles. The van der Waals surface area contributed by atoms with Crippen molar-refractivity contribution in [3.8, 4) is 0 Å². The smallest absolute Gasteiger partial charge is 0.143 e. The monoisotopic (exact) mass is 376 g/mol. The van der Waals surface area contributed by atoms with Gasteiger partial charge in [0.2, 0.25) is 0 Å². The van der Waals surface area contributed by atoms with E-state index < -0.39 is 29.7 Å². The highest BCUT2D eigenvalue weighted by molar-refractivity contribution is 9.10. The van der Waals surface area contributed by atoms with Gasteiger partial charge in [-0.25, -0.2) is 13.2 Å². The molecule has 6 heteroatoms. The highest BCUT2D eigenvalue weighted by atomic mass is 79.9. The Labute approximate surface area is 132 Å². The van der Waals surface area contributed by atoms with Crippen molar-refractivity contribution in [3.05, 3.63) is 68.4 Å². The van der Waals surface area contributed by atoms with E-state index in [1.54, 1.807) is 0 Å². The lowest BCUT2D eigenvalue weighted by molar-refractivity contribution is -0.117. The van der Waals surface area contributed by atoms with E-state index in [1.807, 2.05) is 0 Å². The zero-order valence-corrected chi connectivity index (χ0v) is 12.9. The molecule has 0 fully saturated rings. The van der Waals surface area contributed by atoms with Crippen LogP contribution in [0.25, 0.3) is 0 Å². The van der Waals surface area contributed by atoms with Gasteiger partial charge in [-0.3, -0.25) is 4.79 Å². The van der Waals surface area contributed by atoms with Crippen molar-refractivity contribution in [3.63, 3.8) is 0 Å². The Morgan fingerprint density at radius 1 is 1.00 bits per heavy atom. The highest BCUT2D eigenvalue weighted by Crippen LogP contribution is 2.24. The number of carbonyl (C=O) groups is 1. The topological polar surface area (TPSA) is 17.1 Å². The SMILES string of the molecule is O=C(Cc1c(F)cccc1Cl)Cc1c(F)ccc(Br)c1F. The second-order valence-electron chi connectivity index (χ2n) is 4.41. The summed E-state index contributed by atoms with van der Waals surface area (Å²) in [7, 11) is 0. The summed E-state index contributed by atoms with van der Waals surface area (Å²) in [6.07, 6.45) is -0.793. The highest BCUT2D eigenvalue weighted by Gasteiger charge is 2.18. The number of carbonyl (C=O) groups excluding carboxylic acids is 1. The van der Waals surface area contributed by atoms with Crippen LogP contribution in [0.2, 0.25) is 5.02 Å². The maximum atomic E-state index is 13.8. The first kappa shape index (κ1) is 16.0. The molecule has 0 aliphatic rings. The predicted molar refractivity (Wildman–Crippen MR) is 77.9 cm³/mol. The minimum Gasteiger partial charge on any atom is -0.299 e. The van der Waals surface area contributed by atoms with Crippen molar-refractivity contribution in [2.24, 2.45) is 0 Å². The molecule has 2 aromatic rings. The largest absolute Gasteiger partial charge is 0.299 e. The van der Waals surface area contributed by atoms with E-state index in [4.69, 9.17) is 11.6 Å². The van der Waals surface area contributed by atoms with Crippen LogP contribution in [-0.2, 0) is 17.6 Å². The Bertz CT molecular complexity index is 683. The average Bonchev–Trinajstić information content (AvgIpc) is 2.43. The fourth-order valence-electron chi connectivity index (χ4n) is 1.89. The Morgan fingerprint density at radius 2 is 1.62 bits per heavy atom.